The average molecular weight is 395 g/mol. The number of anilines is 1. The zero-order valence-electron chi connectivity index (χ0n) is 16.2. The van der Waals surface area contributed by atoms with Gasteiger partial charge in [-0.3, -0.25) is 9.69 Å². The molecule has 140 valence electrons. The third-order valence-electron chi connectivity index (χ3n) is 5.08. The third kappa shape index (κ3) is 3.81. The van der Waals surface area contributed by atoms with Crippen LogP contribution in [0.4, 0.5) is 5.69 Å². The van der Waals surface area contributed by atoms with Crippen LogP contribution in [0.1, 0.15) is 33.4 Å². The molecule has 0 fully saturated rings. The Balaban J connectivity index is 0.00000240. The summed E-state index contributed by atoms with van der Waals surface area (Å²) in [5.41, 5.74) is 2.18. The van der Waals surface area contributed by atoms with Gasteiger partial charge in [-0.05, 0) is 41.5 Å². The van der Waals surface area contributed by atoms with Gasteiger partial charge in [-0.1, -0.05) is 48.5 Å². The summed E-state index contributed by atoms with van der Waals surface area (Å²) < 4.78 is 5.21. The normalized spacial score (nSPS) is 17.8. The van der Waals surface area contributed by atoms with Crippen LogP contribution in [-0.2, 0) is 4.79 Å². The Kier molecular flexibility index (Phi) is 6.42. The van der Waals surface area contributed by atoms with Crippen LogP contribution < -0.4 is 44.3 Å². The summed E-state index contributed by atoms with van der Waals surface area (Å²) in [5, 5.41) is 12.2. The summed E-state index contributed by atoms with van der Waals surface area (Å²) in [6.45, 7) is 0. The summed E-state index contributed by atoms with van der Waals surface area (Å²) in [6, 6.07) is 22.3. The van der Waals surface area contributed by atoms with Gasteiger partial charge in [-0.25, -0.2) is 0 Å². The molecule has 0 spiro atoms. The molecule has 29 heavy (non-hydrogen) atoms. The van der Waals surface area contributed by atoms with Gasteiger partial charge in [0.25, 0.3) is 5.91 Å². The minimum Gasteiger partial charge on any atom is -0.549 e. The number of amides is 1. The van der Waals surface area contributed by atoms with Crippen molar-refractivity contribution in [3.05, 3.63) is 95.6 Å². The number of rotatable bonds is 4. The predicted octanol–water partition coefficient (Wildman–Crippen LogP) is -0.0656. The molecule has 2 atom stereocenters. The van der Waals surface area contributed by atoms with Gasteiger partial charge in [0.1, 0.15) is 5.75 Å². The first kappa shape index (κ1) is 21.1. The van der Waals surface area contributed by atoms with Crippen LogP contribution in [-0.4, -0.2) is 19.0 Å². The van der Waals surface area contributed by atoms with Crippen LogP contribution >= 0.6 is 0 Å². The Morgan fingerprint density at radius 2 is 1.55 bits per heavy atom. The first-order valence-electron chi connectivity index (χ1n) is 8.94. The number of methoxy groups -OCH3 is 1. The number of hydrogen-bond donors (Lipinski definition) is 0. The standard InChI is InChI=1S/C23H19NO4.Na/c1-28-17-13-11-15(12-14-17)21-20(23(26)27)18-9-5-6-10-19(18)22(25)24(21)16-7-3-2-4-8-16;/h2-14,20-21H,1H3,(H,26,27);/q;+1/p-1/t20-,21+;/m0./s1. The smallest absolute Gasteiger partial charge is 0.549 e. The van der Waals surface area contributed by atoms with Gasteiger partial charge in [0.2, 0.25) is 0 Å². The van der Waals surface area contributed by atoms with E-state index >= 15 is 0 Å². The number of aliphatic carboxylic acids is 1. The Hall–Kier alpha value is -2.60. The molecule has 0 aromatic heterocycles. The summed E-state index contributed by atoms with van der Waals surface area (Å²) in [7, 11) is 1.57. The van der Waals surface area contributed by atoms with E-state index in [0.717, 1.165) is 0 Å². The zero-order chi connectivity index (χ0) is 19.7. The van der Waals surface area contributed by atoms with E-state index in [9.17, 15) is 14.7 Å². The molecule has 1 aliphatic heterocycles. The van der Waals surface area contributed by atoms with Crippen molar-refractivity contribution in [3.63, 3.8) is 0 Å². The first-order chi connectivity index (χ1) is 13.6. The molecular weight excluding hydrogens is 377 g/mol. The van der Waals surface area contributed by atoms with Gasteiger partial charge < -0.3 is 14.6 Å². The maximum absolute atomic E-state index is 13.4. The summed E-state index contributed by atoms with van der Waals surface area (Å²) in [5.74, 6) is -1.80. The van der Waals surface area contributed by atoms with Crippen molar-refractivity contribution < 1.29 is 49.0 Å². The molecule has 0 N–H and O–H groups in total. The molecule has 1 amide bonds. The molecule has 1 heterocycles. The van der Waals surface area contributed by atoms with Crippen LogP contribution in [0.5, 0.6) is 5.75 Å². The van der Waals surface area contributed by atoms with Crippen LogP contribution in [0.25, 0.3) is 0 Å². The van der Waals surface area contributed by atoms with Crippen molar-refractivity contribution in [1.29, 1.82) is 0 Å². The maximum atomic E-state index is 13.4. The molecule has 3 aromatic carbocycles. The number of ether oxygens (including phenoxy) is 1. The molecule has 0 saturated heterocycles. The molecule has 0 saturated carbocycles. The number of benzene rings is 3. The second-order valence-electron chi connectivity index (χ2n) is 6.61. The van der Waals surface area contributed by atoms with Crippen LogP contribution in [0, 0.1) is 0 Å². The van der Waals surface area contributed by atoms with E-state index in [0.29, 0.717) is 28.1 Å². The summed E-state index contributed by atoms with van der Waals surface area (Å²) >= 11 is 0. The molecular formula is C23H18NNaO4. The van der Waals surface area contributed by atoms with Gasteiger partial charge in [0, 0.05) is 17.2 Å². The van der Waals surface area contributed by atoms with Gasteiger partial charge in [-0.2, -0.15) is 0 Å². The van der Waals surface area contributed by atoms with Gasteiger partial charge >= 0.3 is 29.6 Å². The molecule has 1 aliphatic rings. The maximum Gasteiger partial charge on any atom is 1.00 e. The van der Waals surface area contributed by atoms with E-state index in [2.05, 4.69) is 0 Å². The number of nitrogens with zero attached hydrogens (tertiary/aromatic N) is 1. The second kappa shape index (κ2) is 8.82. The first-order valence-corrected chi connectivity index (χ1v) is 8.94. The van der Waals surface area contributed by atoms with Crippen molar-refractivity contribution in [2.75, 3.05) is 12.0 Å². The van der Waals surface area contributed by atoms with Crippen molar-refractivity contribution in [2.45, 2.75) is 12.0 Å². The van der Waals surface area contributed by atoms with Crippen LogP contribution in [0.15, 0.2) is 78.9 Å². The topological polar surface area (TPSA) is 69.7 Å². The Labute approximate surface area is 191 Å². The van der Waals surface area contributed by atoms with Gasteiger partial charge in [0.05, 0.1) is 19.1 Å². The predicted molar refractivity (Wildman–Crippen MR) is 103 cm³/mol. The number of para-hydroxylation sites is 1. The zero-order valence-corrected chi connectivity index (χ0v) is 18.2. The second-order valence-corrected chi connectivity index (χ2v) is 6.61. The fraction of sp³-hybridized carbons (Fsp3) is 0.130. The van der Waals surface area contributed by atoms with E-state index in [-0.39, 0.29) is 35.5 Å². The Morgan fingerprint density at radius 1 is 0.931 bits per heavy atom. The number of carbonyl (C=O) groups is 2. The molecule has 5 nitrogen and oxygen atoms in total. The van der Waals surface area contributed by atoms with Crippen molar-refractivity contribution in [2.24, 2.45) is 0 Å². The molecule has 0 bridgehead atoms. The van der Waals surface area contributed by atoms with Crippen LogP contribution in [0.3, 0.4) is 0 Å². The Bertz CT molecular complexity index is 1020. The fourth-order valence-electron chi connectivity index (χ4n) is 3.80. The van der Waals surface area contributed by atoms with Crippen molar-refractivity contribution >= 4 is 17.6 Å². The minimum absolute atomic E-state index is 0. The van der Waals surface area contributed by atoms with Crippen LogP contribution in [0.2, 0.25) is 0 Å². The summed E-state index contributed by atoms with van der Waals surface area (Å²) in [6.07, 6.45) is 0. The van der Waals surface area contributed by atoms with E-state index in [4.69, 9.17) is 4.74 Å². The average Bonchev–Trinajstić information content (AvgIpc) is 2.74. The summed E-state index contributed by atoms with van der Waals surface area (Å²) in [4.78, 5) is 27.2. The molecule has 6 heteroatoms. The van der Waals surface area contributed by atoms with E-state index in [1.54, 1.807) is 72.7 Å². The molecule has 0 unspecified atom stereocenters. The number of fused-ring (bicyclic) bond motifs is 1. The number of carboxylic acids is 1. The monoisotopic (exact) mass is 395 g/mol. The largest absolute Gasteiger partial charge is 1.00 e. The molecule has 0 radical (unpaired) electrons. The van der Waals surface area contributed by atoms with Gasteiger partial charge in [-0.15, -0.1) is 0 Å². The van der Waals surface area contributed by atoms with Crippen molar-refractivity contribution in [3.8, 4) is 5.75 Å². The number of carboxylic acid groups (broad SMARTS) is 1. The number of carbonyl (C=O) groups excluding carboxylic acids is 2. The molecule has 3 aromatic rings. The van der Waals surface area contributed by atoms with E-state index in [1.165, 1.54) is 0 Å². The molecule has 0 aliphatic carbocycles. The Morgan fingerprint density at radius 3 is 2.17 bits per heavy atom. The van der Waals surface area contributed by atoms with E-state index < -0.39 is 17.9 Å². The van der Waals surface area contributed by atoms with Gasteiger partial charge in [0.15, 0.2) is 0 Å². The SMILES string of the molecule is COc1ccc([C@@H]2[C@@H](C(=O)[O-])c3ccccc3C(=O)N2c2ccccc2)cc1.[Na+]. The minimum atomic E-state index is -1.22. The number of hydrogen-bond acceptors (Lipinski definition) is 4. The quantitative estimate of drug-likeness (QED) is 0.581. The molecule has 4 rings (SSSR count). The van der Waals surface area contributed by atoms with Crippen molar-refractivity contribution in [1.82, 2.24) is 0 Å². The van der Waals surface area contributed by atoms with E-state index in [1.807, 2.05) is 18.2 Å². The fourth-order valence-corrected chi connectivity index (χ4v) is 3.80. The third-order valence-corrected chi connectivity index (χ3v) is 5.08.